The predicted octanol–water partition coefficient (Wildman–Crippen LogP) is 4.99. The second-order valence-corrected chi connectivity index (χ2v) is 7.55. The van der Waals surface area contributed by atoms with Crippen LogP contribution in [0.25, 0.3) is 0 Å². The molecule has 0 aromatic heterocycles. The summed E-state index contributed by atoms with van der Waals surface area (Å²) in [5.74, 6) is 0.760. The smallest absolute Gasteiger partial charge is 0.00774 e. The molecule has 2 nitrogen and oxygen atoms in total. The van der Waals surface area contributed by atoms with Crippen LogP contribution in [0.2, 0.25) is 0 Å². The largest absolute Gasteiger partial charge is 0.330 e. The normalized spacial score (nSPS) is 11.7. The Morgan fingerprint density at radius 3 is 1.86 bits per heavy atom. The molecule has 0 bridgehead atoms. The Kier molecular flexibility index (Phi) is 9.24. The average Bonchev–Trinajstić information content (AvgIpc) is 2.38. The summed E-state index contributed by atoms with van der Waals surface area (Å²) in [6, 6.07) is 8.12. The SMILES string of the molecule is CC(C)(C)CC(C)(C)c1ccc([O][Ni])cc1.CCCCN. The van der Waals surface area contributed by atoms with Crippen LogP contribution in [0.1, 0.15) is 66.4 Å². The van der Waals surface area contributed by atoms with Crippen molar-refractivity contribution in [2.24, 2.45) is 11.1 Å². The quantitative estimate of drug-likeness (QED) is 0.769. The Morgan fingerprint density at radius 2 is 1.57 bits per heavy atom. The van der Waals surface area contributed by atoms with E-state index < -0.39 is 0 Å². The van der Waals surface area contributed by atoms with Crippen LogP contribution in [0.15, 0.2) is 24.3 Å². The molecule has 0 aliphatic carbocycles. The molecule has 3 heteroatoms. The first-order valence-electron chi connectivity index (χ1n) is 7.73. The minimum Gasteiger partial charge on any atom is -0.330 e. The zero-order valence-corrected chi connectivity index (χ0v) is 15.4. The molecule has 0 aliphatic rings. The molecule has 1 rings (SSSR count). The van der Waals surface area contributed by atoms with Gasteiger partial charge < -0.3 is 5.73 Å². The first-order chi connectivity index (χ1) is 9.66. The van der Waals surface area contributed by atoms with Crippen LogP contribution in [0, 0.1) is 5.41 Å². The molecular weight excluding hydrogens is 305 g/mol. The number of rotatable bonds is 5. The van der Waals surface area contributed by atoms with E-state index in [1.807, 2.05) is 12.1 Å². The summed E-state index contributed by atoms with van der Waals surface area (Å²) >= 11 is 4.26. The van der Waals surface area contributed by atoms with E-state index >= 15 is 0 Å². The topological polar surface area (TPSA) is 35.2 Å². The Labute approximate surface area is 139 Å². The van der Waals surface area contributed by atoms with Gasteiger partial charge >= 0.3 is 107 Å². The van der Waals surface area contributed by atoms with Gasteiger partial charge in [0.2, 0.25) is 0 Å². The van der Waals surface area contributed by atoms with Crippen molar-refractivity contribution in [1.82, 2.24) is 0 Å². The van der Waals surface area contributed by atoms with Crippen LogP contribution in [-0.2, 0) is 21.2 Å². The van der Waals surface area contributed by atoms with Crippen LogP contribution < -0.4 is 9.61 Å². The first kappa shape index (κ1) is 20.5. The number of unbranched alkanes of at least 4 members (excludes halogenated alkanes) is 1. The number of benzene rings is 1. The second kappa shape index (κ2) is 9.48. The van der Waals surface area contributed by atoms with E-state index in [-0.39, 0.29) is 5.41 Å². The monoisotopic (exact) mass is 336 g/mol. The van der Waals surface area contributed by atoms with Crippen molar-refractivity contribution in [2.75, 3.05) is 6.54 Å². The van der Waals surface area contributed by atoms with Gasteiger partial charge in [-0.1, -0.05) is 13.3 Å². The Balaban J connectivity index is 0.000000690. The maximum Gasteiger partial charge on any atom is -0.00774 e. The third-order valence-corrected chi connectivity index (χ3v) is 3.47. The predicted molar refractivity (Wildman–Crippen MR) is 88.1 cm³/mol. The molecule has 0 radical (unpaired) electrons. The van der Waals surface area contributed by atoms with Crippen LogP contribution >= 0.6 is 0 Å². The van der Waals surface area contributed by atoms with Crippen molar-refractivity contribution in [3.05, 3.63) is 29.8 Å². The van der Waals surface area contributed by atoms with E-state index in [4.69, 9.17) is 9.61 Å². The van der Waals surface area contributed by atoms with Crippen molar-refractivity contribution in [2.45, 2.75) is 66.2 Å². The molecule has 0 amide bonds. The number of nitrogens with two attached hydrogens (primary N) is 1. The number of hydrogen-bond donors (Lipinski definition) is 1. The molecule has 1 aromatic rings. The van der Waals surface area contributed by atoms with Crippen molar-refractivity contribution in [1.29, 1.82) is 0 Å². The Morgan fingerprint density at radius 1 is 1.05 bits per heavy atom. The minimum absolute atomic E-state index is 0.182. The van der Waals surface area contributed by atoms with Gasteiger partial charge in [-0.3, -0.25) is 0 Å². The average molecular weight is 337 g/mol. The van der Waals surface area contributed by atoms with E-state index in [0.29, 0.717) is 5.41 Å². The van der Waals surface area contributed by atoms with E-state index in [1.54, 1.807) is 0 Å². The molecule has 0 saturated carbocycles. The fourth-order valence-electron chi connectivity index (χ4n) is 2.58. The summed E-state index contributed by atoms with van der Waals surface area (Å²) in [5.41, 5.74) is 6.99. The fraction of sp³-hybridized carbons (Fsp3) is 0.667. The van der Waals surface area contributed by atoms with E-state index in [1.165, 1.54) is 18.4 Å². The van der Waals surface area contributed by atoms with Crippen LogP contribution in [0.4, 0.5) is 0 Å². The third kappa shape index (κ3) is 9.16. The molecule has 125 valence electrons. The first-order valence-corrected chi connectivity index (χ1v) is 8.13. The van der Waals surface area contributed by atoms with Gasteiger partial charge in [-0.15, -0.1) is 0 Å². The zero-order chi connectivity index (χ0) is 16.5. The van der Waals surface area contributed by atoms with Crippen molar-refractivity contribution in [3.63, 3.8) is 0 Å². The van der Waals surface area contributed by atoms with Gasteiger partial charge in [-0.2, -0.15) is 0 Å². The molecule has 0 unspecified atom stereocenters. The van der Waals surface area contributed by atoms with E-state index in [0.717, 1.165) is 18.7 Å². The molecule has 0 atom stereocenters. The standard InChI is InChI=1S/C14H22O.C4H11N.Ni/c1-13(2,3)10-14(4,5)11-6-8-12(15)9-7-11;1-2-3-4-5;/h6-9,15H,10H2,1-5H3;2-5H2,1H3;/q;;+1/p-1. The summed E-state index contributed by atoms with van der Waals surface area (Å²) in [4.78, 5) is 0. The van der Waals surface area contributed by atoms with Crippen LogP contribution in [0.5, 0.6) is 5.75 Å². The van der Waals surface area contributed by atoms with Gasteiger partial charge in [0.05, 0.1) is 0 Å². The van der Waals surface area contributed by atoms with Gasteiger partial charge in [-0.25, -0.2) is 0 Å². The zero-order valence-electron chi connectivity index (χ0n) is 14.4. The van der Waals surface area contributed by atoms with Gasteiger partial charge in [0.1, 0.15) is 0 Å². The Hall–Kier alpha value is -0.526. The molecule has 0 heterocycles. The van der Waals surface area contributed by atoms with Crippen LogP contribution in [0.3, 0.4) is 0 Å². The molecule has 0 aliphatic heterocycles. The molecule has 0 fully saturated rings. The van der Waals surface area contributed by atoms with E-state index in [9.17, 15) is 0 Å². The van der Waals surface area contributed by atoms with Crippen molar-refractivity contribution >= 4 is 0 Å². The summed E-state index contributed by atoms with van der Waals surface area (Å²) in [7, 11) is 0. The molecule has 1 aromatic carbocycles. The molecule has 0 saturated heterocycles. The molecular formula is C18H32NNiO. The molecule has 0 spiro atoms. The summed E-state index contributed by atoms with van der Waals surface area (Å²) in [6.45, 7) is 14.4. The maximum absolute atomic E-state index is 5.14. The summed E-state index contributed by atoms with van der Waals surface area (Å²) in [6.07, 6.45) is 3.53. The van der Waals surface area contributed by atoms with Gasteiger partial charge in [0.15, 0.2) is 0 Å². The Bertz CT molecular complexity index is 377. The summed E-state index contributed by atoms with van der Waals surface area (Å²) in [5, 5.41) is 0. The summed E-state index contributed by atoms with van der Waals surface area (Å²) < 4.78 is 4.81. The maximum atomic E-state index is 5.14. The molecule has 21 heavy (non-hydrogen) atoms. The number of hydrogen-bond acceptors (Lipinski definition) is 2. The van der Waals surface area contributed by atoms with Crippen molar-refractivity contribution < 1.29 is 19.7 Å². The molecule has 2 N–H and O–H groups in total. The van der Waals surface area contributed by atoms with Crippen molar-refractivity contribution in [3.8, 4) is 5.75 Å². The van der Waals surface area contributed by atoms with E-state index in [2.05, 4.69) is 69.5 Å². The second-order valence-electron chi connectivity index (χ2n) is 7.35. The fourth-order valence-corrected chi connectivity index (χ4v) is 2.72. The third-order valence-electron chi connectivity index (χ3n) is 3.24. The van der Waals surface area contributed by atoms with Gasteiger partial charge in [-0.05, 0) is 13.0 Å². The van der Waals surface area contributed by atoms with Crippen LogP contribution in [-0.4, -0.2) is 6.54 Å². The minimum atomic E-state index is 0.182. The van der Waals surface area contributed by atoms with Gasteiger partial charge in [0, 0.05) is 0 Å². The van der Waals surface area contributed by atoms with Gasteiger partial charge in [0.25, 0.3) is 0 Å².